The zero-order valence-electron chi connectivity index (χ0n) is 9.11. The van der Waals surface area contributed by atoms with E-state index in [0.717, 1.165) is 0 Å². The Balaban J connectivity index is 2.37. The van der Waals surface area contributed by atoms with Crippen LogP contribution in [0.1, 0.15) is 0 Å². The zero-order valence-corrected chi connectivity index (χ0v) is 10.6. The van der Waals surface area contributed by atoms with E-state index in [1.165, 1.54) is 6.33 Å². The van der Waals surface area contributed by atoms with Crippen molar-refractivity contribution in [1.82, 2.24) is 9.97 Å². The Bertz CT molecular complexity index is 574. The second kappa shape index (κ2) is 5.26. The normalized spacial score (nSPS) is 10.2. The van der Waals surface area contributed by atoms with Gasteiger partial charge in [-0.05, 0) is 18.2 Å². The van der Waals surface area contributed by atoms with Gasteiger partial charge in [0.1, 0.15) is 12.0 Å². The number of nitrogens with zero attached hydrogens (tertiary/aromatic N) is 2. The summed E-state index contributed by atoms with van der Waals surface area (Å²) in [5, 5.41) is 4.02. The molecule has 94 valence electrons. The lowest BCUT2D eigenvalue weighted by atomic mass is 10.3. The highest BCUT2D eigenvalue weighted by molar-refractivity contribution is 6.35. The van der Waals surface area contributed by atoms with Gasteiger partial charge in [-0.1, -0.05) is 23.2 Å². The predicted octanol–water partition coefficient (Wildman–Crippen LogP) is 2.39. The van der Waals surface area contributed by atoms with E-state index >= 15 is 0 Å². The predicted molar refractivity (Wildman–Crippen MR) is 74.0 cm³/mol. The molecule has 0 aliphatic rings. The molecule has 0 amide bonds. The highest BCUT2D eigenvalue weighted by atomic mass is 35.5. The summed E-state index contributed by atoms with van der Waals surface area (Å²) in [5.74, 6) is 5.99. The van der Waals surface area contributed by atoms with Crippen LogP contribution < -0.4 is 22.3 Å². The smallest absolute Gasteiger partial charge is 0.168 e. The van der Waals surface area contributed by atoms with E-state index in [0.29, 0.717) is 27.4 Å². The summed E-state index contributed by atoms with van der Waals surface area (Å²) in [6.07, 6.45) is 1.33. The van der Waals surface area contributed by atoms with Crippen LogP contribution in [0.4, 0.5) is 23.0 Å². The maximum absolute atomic E-state index is 6.03. The number of nitrogens with one attached hydrogen (secondary N) is 2. The Labute approximate surface area is 113 Å². The van der Waals surface area contributed by atoms with Crippen molar-refractivity contribution in [3.8, 4) is 0 Å². The largest absolute Gasteiger partial charge is 0.393 e. The Kier molecular flexibility index (Phi) is 3.71. The third kappa shape index (κ3) is 2.56. The number of aromatic nitrogens is 2. The van der Waals surface area contributed by atoms with Gasteiger partial charge in [0.25, 0.3) is 0 Å². The number of rotatable bonds is 3. The molecular weight excluding hydrogens is 275 g/mol. The summed E-state index contributed by atoms with van der Waals surface area (Å²) < 4.78 is 0. The number of nitrogen functional groups attached to an aromatic ring is 2. The minimum absolute atomic E-state index is 0.288. The van der Waals surface area contributed by atoms with Crippen LogP contribution in [0.15, 0.2) is 24.5 Å². The van der Waals surface area contributed by atoms with Crippen LogP contribution in [0.2, 0.25) is 10.0 Å². The molecule has 8 heteroatoms. The van der Waals surface area contributed by atoms with Crippen LogP contribution in [-0.4, -0.2) is 9.97 Å². The van der Waals surface area contributed by atoms with Crippen molar-refractivity contribution >= 4 is 46.2 Å². The molecule has 0 spiro atoms. The summed E-state index contributed by atoms with van der Waals surface area (Å²) in [5.41, 5.74) is 9.08. The van der Waals surface area contributed by atoms with Crippen LogP contribution in [0.5, 0.6) is 0 Å². The summed E-state index contributed by atoms with van der Waals surface area (Å²) in [6.45, 7) is 0. The maximum Gasteiger partial charge on any atom is 0.168 e. The van der Waals surface area contributed by atoms with Crippen LogP contribution in [-0.2, 0) is 0 Å². The van der Waals surface area contributed by atoms with E-state index < -0.39 is 0 Å². The van der Waals surface area contributed by atoms with E-state index in [2.05, 4.69) is 20.7 Å². The molecule has 0 radical (unpaired) electrons. The zero-order chi connectivity index (χ0) is 13.1. The van der Waals surface area contributed by atoms with Crippen molar-refractivity contribution in [1.29, 1.82) is 0 Å². The number of nitrogens with two attached hydrogens (primary N) is 2. The molecule has 1 aromatic carbocycles. The molecule has 0 aliphatic carbocycles. The van der Waals surface area contributed by atoms with Gasteiger partial charge in [-0.3, -0.25) is 0 Å². The number of halogens is 2. The molecule has 6 nitrogen and oxygen atoms in total. The van der Waals surface area contributed by atoms with Crippen molar-refractivity contribution in [3.63, 3.8) is 0 Å². The fourth-order valence-corrected chi connectivity index (χ4v) is 1.67. The van der Waals surface area contributed by atoms with Crippen molar-refractivity contribution < 1.29 is 0 Å². The molecule has 0 unspecified atom stereocenters. The molecule has 0 bridgehead atoms. The van der Waals surface area contributed by atoms with E-state index in [1.807, 2.05) is 0 Å². The molecular formula is C10H10Cl2N6. The molecule has 0 saturated carbocycles. The van der Waals surface area contributed by atoms with Crippen LogP contribution >= 0.6 is 23.2 Å². The first-order valence-electron chi connectivity index (χ1n) is 4.91. The van der Waals surface area contributed by atoms with Gasteiger partial charge in [0.2, 0.25) is 0 Å². The first-order valence-corrected chi connectivity index (χ1v) is 5.66. The van der Waals surface area contributed by atoms with E-state index in [1.54, 1.807) is 18.2 Å². The summed E-state index contributed by atoms with van der Waals surface area (Å²) in [7, 11) is 0. The van der Waals surface area contributed by atoms with Crippen LogP contribution in [0.25, 0.3) is 0 Å². The molecule has 1 aromatic heterocycles. The highest BCUT2D eigenvalue weighted by Crippen LogP contribution is 2.31. The number of hydrogen-bond acceptors (Lipinski definition) is 6. The average Bonchev–Trinajstić information content (AvgIpc) is 2.36. The van der Waals surface area contributed by atoms with Gasteiger partial charge in [-0.2, -0.15) is 0 Å². The van der Waals surface area contributed by atoms with Crippen molar-refractivity contribution in [3.05, 3.63) is 34.6 Å². The topological polar surface area (TPSA) is 102 Å². The molecule has 0 saturated heterocycles. The summed E-state index contributed by atoms with van der Waals surface area (Å²) in [4.78, 5) is 7.88. The first kappa shape index (κ1) is 12.7. The molecule has 0 atom stereocenters. The van der Waals surface area contributed by atoms with E-state index in [9.17, 15) is 0 Å². The lowest BCUT2D eigenvalue weighted by molar-refractivity contribution is 1.14. The van der Waals surface area contributed by atoms with Crippen LogP contribution in [0, 0.1) is 0 Å². The van der Waals surface area contributed by atoms with Crippen molar-refractivity contribution in [2.45, 2.75) is 0 Å². The lowest BCUT2D eigenvalue weighted by Crippen LogP contribution is -2.12. The third-order valence-corrected chi connectivity index (χ3v) is 2.77. The Morgan fingerprint density at radius 3 is 2.56 bits per heavy atom. The standard InChI is InChI=1S/C10H10Cl2N6/c11-5-1-2-6(12)7(3-5)17-9-8(13)10(18-14)16-4-15-9/h1-4H,13-14H2,(H2,15,16,17,18). The Hall–Kier alpha value is -1.76. The lowest BCUT2D eigenvalue weighted by Gasteiger charge is -2.11. The molecule has 1 heterocycles. The number of anilines is 4. The van der Waals surface area contributed by atoms with E-state index in [4.69, 9.17) is 34.8 Å². The maximum atomic E-state index is 6.03. The second-order valence-electron chi connectivity index (χ2n) is 3.38. The van der Waals surface area contributed by atoms with Gasteiger partial charge >= 0.3 is 0 Å². The third-order valence-electron chi connectivity index (χ3n) is 2.20. The number of hydrogen-bond donors (Lipinski definition) is 4. The minimum atomic E-state index is 0.288. The average molecular weight is 285 g/mol. The molecule has 2 rings (SSSR count). The van der Waals surface area contributed by atoms with E-state index in [-0.39, 0.29) is 5.69 Å². The summed E-state index contributed by atoms with van der Waals surface area (Å²) >= 11 is 11.9. The quantitative estimate of drug-likeness (QED) is 0.510. The molecule has 18 heavy (non-hydrogen) atoms. The summed E-state index contributed by atoms with van der Waals surface area (Å²) in [6, 6.07) is 5.03. The highest BCUT2D eigenvalue weighted by Gasteiger charge is 2.09. The van der Waals surface area contributed by atoms with Gasteiger partial charge in [0, 0.05) is 5.02 Å². The van der Waals surface area contributed by atoms with Crippen molar-refractivity contribution in [2.24, 2.45) is 5.84 Å². The Morgan fingerprint density at radius 2 is 1.83 bits per heavy atom. The second-order valence-corrected chi connectivity index (χ2v) is 4.22. The van der Waals surface area contributed by atoms with Crippen molar-refractivity contribution in [2.75, 3.05) is 16.5 Å². The van der Waals surface area contributed by atoms with Gasteiger partial charge < -0.3 is 16.5 Å². The monoisotopic (exact) mass is 284 g/mol. The first-order chi connectivity index (χ1) is 8.61. The van der Waals surface area contributed by atoms with Gasteiger partial charge in [-0.25, -0.2) is 15.8 Å². The van der Waals surface area contributed by atoms with Gasteiger partial charge in [0.15, 0.2) is 11.6 Å². The molecule has 6 N–H and O–H groups in total. The fraction of sp³-hybridized carbons (Fsp3) is 0. The van der Waals surface area contributed by atoms with Gasteiger partial charge in [0.05, 0.1) is 10.7 Å². The minimum Gasteiger partial charge on any atom is -0.393 e. The fourth-order valence-electron chi connectivity index (χ4n) is 1.33. The SMILES string of the molecule is NNc1ncnc(Nc2cc(Cl)ccc2Cl)c1N. The Morgan fingerprint density at radius 1 is 1.11 bits per heavy atom. The van der Waals surface area contributed by atoms with Crippen LogP contribution in [0.3, 0.4) is 0 Å². The molecule has 2 aromatic rings. The molecule has 0 aliphatic heterocycles. The number of benzene rings is 1. The molecule has 0 fully saturated rings. The number of hydrazine groups is 1. The van der Waals surface area contributed by atoms with Gasteiger partial charge in [-0.15, -0.1) is 0 Å².